The van der Waals surface area contributed by atoms with Gasteiger partial charge in [-0.3, -0.25) is 0 Å². The number of aromatic nitrogens is 1. The molecule has 1 fully saturated rings. The molecule has 1 saturated heterocycles. The minimum absolute atomic E-state index is 0.162. The Balaban J connectivity index is 2.13. The molecule has 1 aliphatic heterocycles. The second-order valence-corrected chi connectivity index (χ2v) is 6.06. The number of hydrogen-bond donors (Lipinski definition) is 1. The Morgan fingerprint density at radius 2 is 2.20 bits per heavy atom. The fourth-order valence-electron chi connectivity index (χ4n) is 3.02. The lowest BCUT2D eigenvalue weighted by Crippen LogP contribution is -2.27. The quantitative estimate of drug-likeness (QED) is 0.917. The summed E-state index contributed by atoms with van der Waals surface area (Å²) in [6.07, 6.45) is 5.22. The first-order valence-electron chi connectivity index (χ1n) is 7.66. The Labute approximate surface area is 121 Å². The lowest BCUT2D eigenvalue weighted by Gasteiger charge is -2.23. The minimum atomic E-state index is -0.162. The third-order valence-corrected chi connectivity index (χ3v) is 4.33. The van der Waals surface area contributed by atoms with Crippen LogP contribution in [0.4, 0.5) is 10.2 Å². The monoisotopic (exact) mass is 279 g/mol. The van der Waals surface area contributed by atoms with Crippen LogP contribution in [0.25, 0.3) is 0 Å². The van der Waals surface area contributed by atoms with E-state index in [4.69, 9.17) is 0 Å². The van der Waals surface area contributed by atoms with E-state index in [2.05, 4.69) is 29.0 Å². The molecule has 0 aliphatic carbocycles. The van der Waals surface area contributed by atoms with Crippen LogP contribution < -0.4 is 10.2 Å². The largest absolute Gasteiger partial charge is 0.354 e. The molecule has 0 aromatic carbocycles. The number of nitrogens with one attached hydrogen (secondary N) is 1. The molecule has 2 heterocycles. The summed E-state index contributed by atoms with van der Waals surface area (Å²) in [5.41, 5.74) is 0.696. The van der Waals surface area contributed by atoms with Gasteiger partial charge in [0.15, 0.2) is 11.6 Å². The maximum Gasteiger partial charge on any atom is 0.170 e. The Kier molecular flexibility index (Phi) is 5.35. The molecule has 1 aliphatic rings. The van der Waals surface area contributed by atoms with E-state index < -0.39 is 0 Å². The van der Waals surface area contributed by atoms with Crippen LogP contribution in [0.1, 0.15) is 38.7 Å². The van der Waals surface area contributed by atoms with Gasteiger partial charge >= 0.3 is 0 Å². The zero-order valence-corrected chi connectivity index (χ0v) is 12.8. The summed E-state index contributed by atoms with van der Waals surface area (Å²) in [6.45, 7) is 6.94. The van der Waals surface area contributed by atoms with Gasteiger partial charge in [-0.2, -0.15) is 0 Å². The lowest BCUT2D eigenvalue weighted by molar-refractivity contribution is 0.351. The first-order valence-corrected chi connectivity index (χ1v) is 7.66. The van der Waals surface area contributed by atoms with E-state index in [0.717, 1.165) is 31.8 Å². The Morgan fingerprint density at radius 1 is 1.40 bits per heavy atom. The van der Waals surface area contributed by atoms with E-state index in [1.807, 2.05) is 7.05 Å². The van der Waals surface area contributed by atoms with Crippen molar-refractivity contribution in [3.05, 3.63) is 23.6 Å². The molecule has 0 bridgehead atoms. The first-order chi connectivity index (χ1) is 9.63. The maximum absolute atomic E-state index is 14.5. The van der Waals surface area contributed by atoms with Crippen molar-refractivity contribution in [3.8, 4) is 0 Å². The van der Waals surface area contributed by atoms with Gasteiger partial charge in [0.2, 0.25) is 0 Å². The zero-order chi connectivity index (χ0) is 14.5. The molecule has 1 aromatic heterocycles. The van der Waals surface area contributed by atoms with Gasteiger partial charge in [0.1, 0.15) is 0 Å². The second-order valence-electron chi connectivity index (χ2n) is 6.06. The molecule has 0 spiro atoms. The van der Waals surface area contributed by atoms with Gasteiger partial charge in [0.05, 0.1) is 0 Å². The normalized spacial score (nSPS) is 20.2. The smallest absolute Gasteiger partial charge is 0.170 e. The fraction of sp³-hybridized carbons (Fsp3) is 0.688. The first kappa shape index (κ1) is 15.2. The van der Waals surface area contributed by atoms with Crippen molar-refractivity contribution in [2.24, 2.45) is 11.8 Å². The number of nitrogens with zero attached hydrogens (tertiary/aromatic N) is 2. The molecule has 1 N–H and O–H groups in total. The summed E-state index contributed by atoms with van der Waals surface area (Å²) in [4.78, 5) is 6.40. The Hall–Kier alpha value is -1.16. The standard InChI is InChI=1S/C16H26FN3/c1-12(2)13-5-4-9-20(10-7-13)16-15(17)14(11-18-3)6-8-19-16/h6,8,12-13,18H,4-5,7,9-11H2,1-3H3. The molecule has 0 radical (unpaired) electrons. The van der Waals surface area contributed by atoms with Gasteiger partial charge < -0.3 is 10.2 Å². The molecule has 1 aromatic rings. The number of rotatable bonds is 4. The van der Waals surface area contributed by atoms with Gasteiger partial charge in [-0.1, -0.05) is 13.8 Å². The highest BCUT2D eigenvalue weighted by Crippen LogP contribution is 2.28. The number of halogens is 1. The van der Waals surface area contributed by atoms with Gasteiger partial charge in [-0.05, 0) is 44.2 Å². The zero-order valence-electron chi connectivity index (χ0n) is 12.8. The molecule has 112 valence electrons. The predicted octanol–water partition coefficient (Wildman–Crippen LogP) is 3.20. The molecule has 20 heavy (non-hydrogen) atoms. The topological polar surface area (TPSA) is 28.2 Å². The average Bonchev–Trinajstić information content (AvgIpc) is 2.67. The molecular formula is C16H26FN3. The van der Waals surface area contributed by atoms with E-state index in [0.29, 0.717) is 23.8 Å². The second kappa shape index (κ2) is 7.02. The van der Waals surface area contributed by atoms with Crippen molar-refractivity contribution in [1.82, 2.24) is 10.3 Å². The van der Waals surface area contributed by atoms with Crippen molar-refractivity contribution in [2.75, 3.05) is 25.0 Å². The summed E-state index contributed by atoms with van der Waals surface area (Å²) >= 11 is 0. The van der Waals surface area contributed by atoms with Crippen LogP contribution in [-0.2, 0) is 6.54 Å². The summed E-state index contributed by atoms with van der Waals surface area (Å²) in [5.74, 6) is 1.83. The van der Waals surface area contributed by atoms with E-state index in [9.17, 15) is 4.39 Å². The van der Waals surface area contributed by atoms with E-state index in [1.165, 1.54) is 6.42 Å². The summed E-state index contributed by atoms with van der Waals surface area (Å²) in [7, 11) is 1.83. The van der Waals surface area contributed by atoms with Crippen molar-refractivity contribution in [2.45, 2.75) is 39.7 Å². The van der Waals surface area contributed by atoms with Gasteiger partial charge in [-0.25, -0.2) is 9.37 Å². The van der Waals surface area contributed by atoms with Crippen LogP contribution in [0.15, 0.2) is 12.3 Å². The fourth-order valence-corrected chi connectivity index (χ4v) is 3.02. The highest BCUT2D eigenvalue weighted by molar-refractivity contribution is 5.43. The highest BCUT2D eigenvalue weighted by atomic mass is 19.1. The highest BCUT2D eigenvalue weighted by Gasteiger charge is 2.22. The van der Waals surface area contributed by atoms with E-state index in [-0.39, 0.29) is 5.82 Å². The van der Waals surface area contributed by atoms with Crippen molar-refractivity contribution < 1.29 is 4.39 Å². The van der Waals surface area contributed by atoms with Gasteiger partial charge in [-0.15, -0.1) is 0 Å². The molecule has 2 rings (SSSR count). The Bertz CT molecular complexity index is 434. The Morgan fingerprint density at radius 3 is 2.90 bits per heavy atom. The number of pyridine rings is 1. The molecule has 1 atom stereocenters. The van der Waals surface area contributed by atoms with Gasteiger partial charge in [0, 0.05) is 31.4 Å². The van der Waals surface area contributed by atoms with Crippen LogP contribution in [-0.4, -0.2) is 25.1 Å². The lowest BCUT2D eigenvalue weighted by atomic mass is 9.89. The molecule has 1 unspecified atom stereocenters. The van der Waals surface area contributed by atoms with Crippen LogP contribution in [0.3, 0.4) is 0 Å². The molecule has 0 saturated carbocycles. The van der Waals surface area contributed by atoms with Crippen LogP contribution in [0.2, 0.25) is 0 Å². The van der Waals surface area contributed by atoms with E-state index in [1.54, 1.807) is 12.3 Å². The van der Waals surface area contributed by atoms with Crippen LogP contribution in [0.5, 0.6) is 0 Å². The minimum Gasteiger partial charge on any atom is -0.354 e. The van der Waals surface area contributed by atoms with Crippen LogP contribution in [0, 0.1) is 17.7 Å². The van der Waals surface area contributed by atoms with Crippen molar-refractivity contribution >= 4 is 5.82 Å². The molecule has 4 heteroatoms. The summed E-state index contributed by atoms with van der Waals surface area (Å²) in [5, 5.41) is 3.00. The average molecular weight is 279 g/mol. The number of anilines is 1. The molecule has 3 nitrogen and oxygen atoms in total. The van der Waals surface area contributed by atoms with E-state index >= 15 is 0 Å². The third kappa shape index (κ3) is 3.48. The van der Waals surface area contributed by atoms with Crippen molar-refractivity contribution in [1.29, 1.82) is 0 Å². The van der Waals surface area contributed by atoms with Gasteiger partial charge in [0.25, 0.3) is 0 Å². The SMILES string of the molecule is CNCc1ccnc(N2CCCC(C(C)C)CC2)c1F. The maximum atomic E-state index is 14.5. The number of hydrogen-bond acceptors (Lipinski definition) is 3. The summed E-state index contributed by atoms with van der Waals surface area (Å²) in [6, 6.07) is 1.75. The predicted molar refractivity (Wildman–Crippen MR) is 81.4 cm³/mol. The molecular weight excluding hydrogens is 253 g/mol. The van der Waals surface area contributed by atoms with Crippen LogP contribution >= 0.6 is 0 Å². The third-order valence-electron chi connectivity index (χ3n) is 4.33. The van der Waals surface area contributed by atoms with Crippen molar-refractivity contribution in [3.63, 3.8) is 0 Å². The molecule has 0 amide bonds. The summed E-state index contributed by atoms with van der Waals surface area (Å²) < 4.78 is 14.5.